The van der Waals surface area contributed by atoms with Crippen LogP contribution in [0.5, 0.6) is 0 Å². The molecule has 0 bridgehead atoms. The highest BCUT2D eigenvalue weighted by molar-refractivity contribution is 7.17. The second-order valence-corrected chi connectivity index (χ2v) is 6.33. The third-order valence-corrected chi connectivity index (χ3v) is 4.77. The van der Waals surface area contributed by atoms with E-state index in [1.165, 1.54) is 22.5 Å². The van der Waals surface area contributed by atoms with Crippen LogP contribution >= 0.6 is 11.3 Å². The van der Waals surface area contributed by atoms with Gasteiger partial charge in [0.2, 0.25) is 5.13 Å². The summed E-state index contributed by atoms with van der Waals surface area (Å²) < 4.78 is 5.03. The van der Waals surface area contributed by atoms with Crippen molar-refractivity contribution in [2.45, 2.75) is 33.1 Å². The highest BCUT2D eigenvalue weighted by Crippen LogP contribution is 2.25. The lowest BCUT2D eigenvalue weighted by atomic mass is 9.90. The number of nitrogens with one attached hydrogen (secondary N) is 1. The number of benzene rings is 1. The summed E-state index contributed by atoms with van der Waals surface area (Å²) in [5.41, 5.74) is 7.24. The van der Waals surface area contributed by atoms with Crippen LogP contribution in [0.2, 0.25) is 0 Å². The van der Waals surface area contributed by atoms with Gasteiger partial charge in [0.25, 0.3) is 0 Å². The average Bonchev–Trinajstić information content (AvgIpc) is 2.94. The molecule has 1 aromatic carbocycles. The van der Waals surface area contributed by atoms with Crippen molar-refractivity contribution in [2.24, 2.45) is 5.10 Å². The van der Waals surface area contributed by atoms with Crippen LogP contribution in [-0.2, 0) is 11.2 Å². The zero-order valence-electron chi connectivity index (χ0n) is 13.3. The van der Waals surface area contributed by atoms with Gasteiger partial charge in [0.05, 0.1) is 18.0 Å². The van der Waals surface area contributed by atoms with Crippen LogP contribution in [0, 0.1) is 6.92 Å². The van der Waals surface area contributed by atoms with E-state index in [1.807, 2.05) is 6.07 Å². The second-order valence-electron chi connectivity index (χ2n) is 5.34. The van der Waals surface area contributed by atoms with E-state index in [0.29, 0.717) is 22.3 Å². The van der Waals surface area contributed by atoms with Gasteiger partial charge in [-0.15, -0.1) is 0 Å². The van der Waals surface area contributed by atoms with Crippen LogP contribution < -0.4 is 5.43 Å². The average molecular weight is 329 g/mol. The number of carbonyl (C=O) groups is 1. The van der Waals surface area contributed by atoms with Gasteiger partial charge in [-0.05, 0) is 38.7 Å². The Morgan fingerprint density at radius 3 is 3.04 bits per heavy atom. The standard InChI is InChI=1S/C17H19N3O2S/c1-3-22-16(21)15-11(2)18-17(23-15)20-19-14-10-6-8-12-7-4-5-9-13(12)14/h4-5,7,9H,3,6,8,10H2,1-2H3,(H,18,20)/b19-14-. The third-order valence-electron chi connectivity index (χ3n) is 3.73. The van der Waals surface area contributed by atoms with E-state index in [-0.39, 0.29) is 5.97 Å². The number of rotatable bonds is 4. The number of esters is 1. The molecular formula is C17H19N3O2S. The van der Waals surface area contributed by atoms with Crippen molar-refractivity contribution < 1.29 is 9.53 Å². The molecule has 6 heteroatoms. The molecule has 2 aromatic rings. The molecule has 1 aromatic heterocycles. The van der Waals surface area contributed by atoms with E-state index in [9.17, 15) is 4.79 Å². The monoisotopic (exact) mass is 329 g/mol. The lowest BCUT2D eigenvalue weighted by Crippen LogP contribution is -2.13. The number of hydrazone groups is 1. The van der Waals surface area contributed by atoms with E-state index in [1.54, 1.807) is 13.8 Å². The Kier molecular flexibility index (Phi) is 4.71. The summed E-state index contributed by atoms with van der Waals surface area (Å²) in [7, 11) is 0. The third kappa shape index (κ3) is 3.42. The Hall–Kier alpha value is -2.21. The molecular weight excluding hydrogens is 310 g/mol. The number of fused-ring (bicyclic) bond motifs is 1. The predicted octanol–water partition coefficient (Wildman–Crippen LogP) is 3.78. The Morgan fingerprint density at radius 2 is 2.22 bits per heavy atom. The predicted molar refractivity (Wildman–Crippen MR) is 92.3 cm³/mol. The summed E-state index contributed by atoms with van der Waals surface area (Å²) >= 11 is 1.27. The topological polar surface area (TPSA) is 63.6 Å². The van der Waals surface area contributed by atoms with Crippen LogP contribution in [0.4, 0.5) is 5.13 Å². The lowest BCUT2D eigenvalue weighted by molar-refractivity contribution is 0.0531. The minimum absolute atomic E-state index is 0.328. The minimum atomic E-state index is -0.328. The molecule has 0 atom stereocenters. The summed E-state index contributed by atoms with van der Waals surface area (Å²) in [5, 5.41) is 5.13. The fraction of sp³-hybridized carbons (Fsp3) is 0.353. The number of nitrogens with zero attached hydrogens (tertiary/aromatic N) is 2. The maximum absolute atomic E-state index is 11.8. The zero-order chi connectivity index (χ0) is 16.2. The molecule has 0 aliphatic heterocycles. The van der Waals surface area contributed by atoms with Gasteiger partial charge in [-0.2, -0.15) is 5.10 Å². The van der Waals surface area contributed by atoms with Crippen molar-refractivity contribution in [3.63, 3.8) is 0 Å². The molecule has 0 radical (unpaired) electrons. The molecule has 0 amide bonds. The smallest absolute Gasteiger partial charge is 0.350 e. The fourth-order valence-electron chi connectivity index (χ4n) is 2.66. The van der Waals surface area contributed by atoms with E-state index in [4.69, 9.17) is 4.74 Å². The molecule has 120 valence electrons. The zero-order valence-corrected chi connectivity index (χ0v) is 14.1. The SMILES string of the molecule is CCOC(=O)c1sc(N/N=C2/CCCc3ccccc32)nc1C. The summed E-state index contributed by atoms with van der Waals surface area (Å²) in [6.45, 7) is 3.95. The van der Waals surface area contributed by atoms with Crippen LogP contribution in [0.25, 0.3) is 0 Å². The van der Waals surface area contributed by atoms with E-state index in [2.05, 4.69) is 33.7 Å². The summed E-state index contributed by atoms with van der Waals surface area (Å²) in [6, 6.07) is 8.35. The minimum Gasteiger partial charge on any atom is -0.462 e. The van der Waals surface area contributed by atoms with Crippen molar-refractivity contribution in [1.82, 2.24) is 4.98 Å². The van der Waals surface area contributed by atoms with Gasteiger partial charge in [0.15, 0.2) is 0 Å². The van der Waals surface area contributed by atoms with Crippen LogP contribution in [0.1, 0.15) is 46.3 Å². The molecule has 1 aliphatic carbocycles. The number of hydrogen-bond acceptors (Lipinski definition) is 6. The first-order chi connectivity index (χ1) is 11.2. The van der Waals surface area contributed by atoms with E-state index >= 15 is 0 Å². The number of aromatic nitrogens is 1. The number of aryl methyl sites for hydroxylation is 2. The highest BCUT2D eigenvalue weighted by Gasteiger charge is 2.17. The van der Waals surface area contributed by atoms with Crippen LogP contribution in [-0.4, -0.2) is 23.3 Å². The molecule has 0 unspecified atom stereocenters. The van der Waals surface area contributed by atoms with E-state index < -0.39 is 0 Å². The number of anilines is 1. The Bertz CT molecular complexity index is 752. The van der Waals surface area contributed by atoms with Gasteiger partial charge >= 0.3 is 5.97 Å². The van der Waals surface area contributed by atoms with Crippen molar-refractivity contribution in [2.75, 3.05) is 12.0 Å². The summed E-state index contributed by atoms with van der Waals surface area (Å²) in [4.78, 5) is 16.7. The van der Waals surface area contributed by atoms with Gasteiger partial charge in [-0.1, -0.05) is 35.6 Å². The maximum Gasteiger partial charge on any atom is 0.350 e. The first-order valence-electron chi connectivity index (χ1n) is 7.74. The van der Waals surface area contributed by atoms with Crippen molar-refractivity contribution in [1.29, 1.82) is 0 Å². The molecule has 3 rings (SSSR count). The quantitative estimate of drug-likeness (QED) is 0.685. The molecule has 1 heterocycles. The van der Waals surface area contributed by atoms with Crippen molar-refractivity contribution in [3.8, 4) is 0 Å². The number of carbonyl (C=O) groups excluding carboxylic acids is 1. The van der Waals surface area contributed by atoms with Gasteiger partial charge in [0, 0.05) is 5.56 Å². The maximum atomic E-state index is 11.8. The Morgan fingerprint density at radius 1 is 1.39 bits per heavy atom. The number of hydrogen-bond donors (Lipinski definition) is 1. The highest BCUT2D eigenvalue weighted by atomic mass is 32.1. The fourth-order valence-corrected chi connectivity index (χ4v) is 3.47. The molecule has 0 spiro atoms. The molecule has 0 saturated heterocycles. The first-order valence-corrected chi connectivity index (χ1v) is 8.56. The van der Waals surface area contributed by atoms with Gasteiger partial charge in [-0.25, -0.2) is 9.78 Å². The molecule has 5 nitrogen and oxygen atoms in total. The Labute approximate surface area is 139 Å². The summed E-state index contributed by atoms with van der Waals surface area (Å²) in [6.07, 6.45) is 3.14. The van der Waals surface area contributed by atoms with Crippen LogP contribution in [0.15, 0.2) is 29.4 Å². The Balaban J connectivity index is 1.79. The number of ether oxygens (including phenoxy) is 1. The first kappa shape index (κ1) is 15.7. The van der Waals surface area contributed by atoms with Crippen molar-refractivity contribution in [3.05, 3.63) is 46.0 Å². The molecule has 1 N–H and O–H groups in total. The summed E-state index contributed by atoms with van der Waals surface area (Å²) in [5.74, 6) is -0.328. The van der Waals surface area contributed by atoms with Gasteiger partial charge in [-0.3, -0.25) is 5.43 Å². The van der Waals surface area contributed by atoms with Gasteiger partial charge in [0.1, 0.15) is 4.88 Å². The largest absolute Gasteiger partial charge is 0.462 e. The molecule has 23 heavy (non-hydrogen) atoms. The van der Waals surface area contributed by atoms with Crippen LogP contribution in [0.3, 0.4) is 0 Å². The second kappa shape index (κ2) is 6.91. The van der Waals surface area contributed by atoms with Crippen molar-refractivity contribution >= 4 is 28.1 Å². The molecule has 1 aliphatic rings. The van der Waals surface area contributed by atoms with E-state index in [0.717, 1.165) is 25.0 Å². The molecule has 0 fully saturated rings. The normalized spacial score (nSPS) is 15.3. The molecule has 0 saturated carbocycles. The van der Waals surface area contributed by atoms with Gasteiger partial charge < -0.3 is 4.74 Å². The number of thiazole rings is 1. The lowest BCUT2D eigenvalue weighted by Gasteiger charge is -2.17.